The molecule has 2 aromatic rings. The lowest BCUT2D eigenvalue weighted by Crippen LogP contribution is -2.59. The number of benzene rings is 1. The topological polar surface area (TPSA) is 74.8 Å². The molecule has 2 saturated heterocycles. The zero-order valence-corrected chi connectivity index (χ0v) is 17.8. The maximum absolute atomic E-state index is 12.9. The van der Waals surface area contributed by atoms with Gasteiger partial charge in [0, 0.05) is 49.8 Å². The number of aromatic nitrogens is 1. The summed E-state index contributed by atoms with van der Waals surface area (Å²) in [4.78, 5) is 32.9. The summed E-state index contributed by atoms with van der Waals surface area (Å²) in [5.74, 6) is 1.12. The number of rotatable bonds is 4. The summed E-state index contributed by atoms with van der Waals surface area (Å²) in [6, 6.07) is 11.9. The standard InChI is InChI=1S/C24H28N4O3/c1-16(29)27-11-5-7-18(13-27)20-8-4-10-25-23(20)31-19-14-28(15-19)24(30)22-12-17-6-2-3-9-21(17)26-22/h2-4,6,8-10,18-19,22,26H,5,7,11-15H2,1H3/t18-,22?/m1/s1. The first kappa shape index (κ1) is 19.8. The van der Waals surface area contributed by atoms with E-state index in [1.807, 2.05) is 34.1 Å². The molecule has 1 N–H and O–H groups in total. The van der Waals surface area contributed by atoms with Gasteiger partial charge < -0.3 is 19.9 Å². The average Bonchev–Trinajstić information content (AvgIpc) is 3.20. The van der Waals surface area contributed by atoms with Gasteiger partial charge in [-0.3, -0.25) is 9.59 Å². The summed E-state index contributed by atoms with van der Waals surface area (Å²) in [6.45, 7) is 4.31. The van der Waals surface area contributed by atoms with Crippen LogP contribution in [0.3, 0.4) is 0 Å². The number of carbonyl (C=O) groups excluding carboxylic acids is 2. The molecule has 4 heterocycles. The largest absolute Gasteiger partial charge is 0.470 e. The normalized spacial score (nSPS) is 23.0. The van der Waals surface area contributed by atoms with Crippen LogP contribution in [0, 0.1) is 0 Å². The Morgan fingerprint density at radius 1 is 1.10 bits per heavy atom. The number of nitrogens with zero attached hydrogens (tertiary/aromatic N) is 3. The van der Waals surface area contributed by atoms with E-state index in [1.54, 1.807) is 13.1 Å². The van der Waals surface area contributed by atoms with Crippen LogP contribution in [0.4, 0.5) is 5.69 Å². The first-order valence-electron chi connectivity index (χ1n) is 11.1. The highest BCUT2D eigenvalue weighted by atomic mass is 16.5. The molecule has 3 aliphatic rings. The molecular formula is C24H28N4O3. The first-order chi connectivity index (χ1) is 15.1. The van der Waals surface area contributed by atoms with E-state index in [-0.39, 0.29) is 29.9 Å². The van der Waals surface area contributed by atoms with E-state index in [4.69, 9.17) is 4.74 Å². The quantitative estimate of drug-likeness (QED) is 0.822. The number of hydrogen-bond donors (Lipinski definition) is 1. The van der Waals surface area contributed by atoms with E-state index >= 15 is 0 Å². The fraction of sp³-hybridized carbons (Fsp3) is 0.458. The van der Waals surface area contributed by atoms with Crippen molar-refractivity contribution in [2.45, 2.75) is 44.2 Å². The lowest BCUT2D eigenvalue weighted by Gasteiger charge is -2.40. The van der Waals surface area contributed by atoms with E-state index in [9.17, 15) is 9.59 Å². The number of likely N-dealkylation sites (tertiary alicyclic amines) is 2. The molecule has 162 valence electrons. The number of hydrogen-bond acceptors (Lipinski definition) is 5. The van der Waals surface area contributed by atoms with Crippen LogP contribution in [0.5, 0.6) is 5.88 Å². The Morgan fingerprint density at radius 3 is 2.74 bits per heavy atom. The number of para-hydroxylation sites is 1. The molecule has 0 bridgehead atoms. The van der Waals surface area contributed by atoms with E-state index in [2.05, 4.69) is 22.4 Å². The Labute approximate surface area is 182 Å². The van der Waals surface area contributed by atoms with Crippen molar-refractivity contribution in [1.82, 2.24) is 14.8 Å². The minimum atomic E-state index is -0.191. The molecule has 1 aromatic heterocycles. The van der Waals surface area contributed by atoms with Crippen LogP contribution in [0.1, 0.15) is 36.8 Å². The second-order valence-corrected chi connectivity index (χ2v) is 8.74. The number of pyridine rings is 1. The lowest BCUT2D eigenvalue weighted by molar-refractivity contribution is -0.140. The molecule has 2 atom stereocenters. The molecule has 2 amide bonds. The number of nitrogens with one attached hydrogen (secondary N) is 1. The predicted molar refractivity (Wildman–Crippen MR) is 117 cm³/mol. The summed E-state index contributed by atoms with van der Waals surface area (Å²) < 4.78 is 6.21. The van der Waals surface area contributed by atoms with Crippen LogP contribution < -0.4 is 10.1 Å². The van der Waals surface area contributed by atoms with Gasteiger partial charge in [-0.2, -0.15) is 0 Å². The van der Waals surface area contributed by atoms with Crippen molar-refractivity contribution in [3.8, 4) is 5.88 Å². The van der Waals surface area contributed by atoms with Crippen molar-refractivity contribution in [2.24, 2.45) is 0 Å². The molecule has 1 unspecified atom stereocenters. The Kier molecular flexibility index (Phi) is 5.26. The van der Waals surface area contributed by atoms with Gasteiger partial charge in [0.25, 0.3) is 0 Å². The monoisotopic (exact) mass is 420 g/mol. The third-order valence-electron chi connectivity index (χ3n) is 6.61. The Morgan fingerprint density at radius 2 is 1.94 bits per heavy atom. The van der Waals surface area contributed by atoms with Gasteiger partial charge in [0.2, 0.25) is 17.7 Å². The second kappa shape index (κ2) is 8.21. The summed E-state index contributed by atoms with van der Waals surface area (Å²) in [5.41, 5.74) is 3.31. The maximum atomic E-state index is 12.9. The van der Waals surface area contributed by atoms with Crippen molar-refractivity contribution in [1.29, 1.82) is 0 Å². The van der Waals surface area contributed by atoms with Gasteiger partial charge >= 0.3 is 0 Å². The number of carbonyl (C=O) groups is 2. The number of piperidine rings is 1. The molecule has 1 aromatic carbocycles. The third-order valence-corrected chi connectivity index (χ3v) is 6.61. The van der Waals surface area contributed by atoms with E-state index in [0.29, 0.717) is 25.5 Å². The highest BCUT2D eigenvalue weighted by Crippen LogP contribution is 2.33. The molecule has 3 aliphatic heterocycles. The number of anilines is 1. The van der Waals surface area contributed by atoms with Gasteiger partial charge in [-0.05, 0) is 30.5 Å². The number of ether oxygens (including phenoxy) is 1. The fourth-order valence-corrected chi connectivity index (χ4v) is 4.85. The fourth-order valence-electron chi connectivity index (χ4n) is 4.85. The zero-order chi connectivity index (χ0) is 21.4. The summed E-state index contributed by atoms with van der Waals surface area (Å²) in [6.07, 6.45) is 4.44. The highest BCUT2D eigenvalue weighted by Gasteiger charge is 2.38. The number of fused-ring (bicyclic) bond motifs is 1. The van der Waals surface area contributed by atoms with Gasteiger partial charge in [0.15, 0.2) is 0 Å². The first-order valence-corrected chi connectivity index (χ1v) is 11.1. The van der Waals surface area contributed by atoms with Crippen molar-refractivity contribution in [3.63, 3.8) is 0 Å². The van der Waals surface area contributed by atoms with Gasteiger partial charge in [0.1, 0.15) is 12.1 Å². The highest BCUT2D eigenvalue weighted by molar-refractivity contribution is 5.88. The van der Waals surface area contributed by atoms with Crippen LogP contribution in [0.2, 0.25) is 0 Å². The molecule has 0 saturated carbocycles. The van der Waals surface area contributed by atoms with Gasteiger partial charge in [0.05, 0.1) is 13.1 Å². The van der Waals surface area contributed by atoms with Crippen LogP contribution in [0.25, 0.3) is 0 Å². The van der Waals surface area contributed by atoms with Crippen LogP contribution in [0.15, 0.2) is 42.6 Å². The zero-order valence-electron chi connectivity index (χ0n) is 17.8. The van der Waals surface area contributed by atoms with E-state index < -0.39 is 0 Å². The summed E-state index contributed by atoms with van der Waals surface area (Å²) >= 11 is 0. The second-order valence-electron chi connectivity index (χ2n) is 8.74. The van der Waals surface area contributed by atoms with Crippen molar-refractivity contribution in [2.75, 3.05) is 31.5 Å². The number of amides is 2. The Bertz CT molecular complexity index is 963. The molecule has 7 nitrogen and oxygen atoms in total. The van der Waals surface area contributed by atoms with Crippen molar-refractivity contribution < 1.29 is 14.3 Å². The van der Waals surface area contributed by atoms with E-state index in [1.165, 1.54) is 5.56 Å². The SMILES string of the molecule is CC(=O)N1CCC[C@@H](c2cccnc2OC2CN(C(=O)C3Cc4ccccc4N3)C2)C1. The van der Waals surface area contributed by atoms with Crippen molar-refractivity contribution >= 4 is 17.5 Å². The molecule has 31 heavy (non-hydrogen) atoms. The van der Waals surface area contributed by atoms with Crippen LogP contribution in [-0.4, -0.2) is 64.9 Å². The van der Waals surface area contributed by atoms with Gasteiger partial charge in [-0.1, -0.05) is 24.3 Å². The minimum absolute atomic E-state index is 0.0473. The average molecular weight is 421 g/mol. The molecule has 0 radical (unpaired) electrons. The van der Waals surface area contributed by atoms with Crippen LogP contribution >= 0.6 is 0 Å². The molecular weight excluding hydrogens is 392 g/mol. The van der Waals surface area contributed by atoms with Gasteiger partial charge in [-0.25, -0.2) is 4.98 Å². The Balaban J connectivity index is 1.18. The molecule has 5 rings (SSSR count). The predicted octanol–water partition coefficient (Wildman–Crippen LogP) is 2.43. The smallest absolute Gasteiger partial charge is 0.245 e. The lowest BCUT2D eigenvalue weighted by atomic mass is 9.91. The minimum Gasteiger partial charge on any atom is -0.470 e. The maximum Gasteiger partial charge on any atom is 0.245 e. The summed E-state index contributed by atoms with van der Waals surface area (Å²) in [5, 5.41) is 3.34. The van der Waals surface area contributed by atoms with Crippen LogP contribution in [-0.2, 0) is 16.0 Å². The third kappa shape index (κ3) is 3.96. The van der Waals surface area contributed by atoms with E-state index in [0.717, 1.165) is 37.1 Å². The van der Waals surface area contributed by atoms with Gasteiger partial charge in [-0.15, -0.1) is 0 Å². The Hall–Kier alpha value is -3.09. The summed E-state index contributed by atoms with van der Waals surface area (Å²) in [7, 11) is 0. The van der Waals surface area contributed by atoms with Crippen molar-refractivity contribution in [3.05, 3.63) is 53.7 Å². The molecule has 0 aliphatic carbocycles. The molecule has 7 heteroatoms. The molecule has 2 fully saturated rings. The molecule has 0 spiro atoms.